The third-order valence-corrected chi connectivity index (χ3v) is 2.82. The number of aliphatic hydroxyl groups excluding tert-OH is 1. The molecule has 0 saturated carbocycles. The van der Waals surface area contributed by atoms with Crippen LogP contribution in [0.15, 0.2) is 24.3 Å². The highest BCUT2D eigenvalue weighted by molar-refractivity contribution is 5.76. The van der Waals surface area contributed by atoms with Crippen molar-refractivity contribution >= 4 is 5.91 Å². The lowest BCUT2D eigenvalue weighted by atomic mass is 10.1. The van der Waals surface area contributed by atoms with Crippen LogP contribution < -0.4 is 5.32 Å². The summed E-state index contributed by atoms with van der Waals surface area (Å²) in [5.74, 6) is 0.00918. The fourth-order valence-corrected chi connectivity index (χ4v) is 1.61. The van der Waals surface area contributed by atoms with Gasteiger partial charge >= 0.3 is 0 Å². The second kappa shape index (κ2) is 7.82. The van der Waals surface area contributed by atoms with E-state index < -0.39 is 0 Å². The predicted octanol–water partition coefficient (Wildman–Crippen LogP) is 1.89. The highest BCUT2D eigenvalue weighted by Crippen LogP contribution is 2.05. The van der Waals surface area contributed by atoms with Gasteiger partial charge in [-0.25, -0.2) is 4.39 Å². The summed E-state index contributed by atoms with van der Waals surface area (Å²) in [6.45, 7) is 2.71. The van der Waals surface area contributed by atoms with E-state index in [2.05, 4.69) is 5.32 Å². The van der Waals surface area contributed by atoms with Crippen molar-refractivity contribution in [3.05, 3.63) is 35.6 Å². The number of nitrogens with one attached hydrogen (secondary N) is 1. The van der Waals surface area contributed by atoms with Crippen LogP contribution in [0.2, 0.25) is 0 Å². The molecule has 1 amide bonds. The zero-order valence-electron chi connectivity index (χ0n) is 10.7. The molecule has 100 valence electrons. The number of hydrogen-bond donors (Lipinski definition) is 2. The molecule has 0 heterocycles. The van der Waals surface area contributed by atoms with E-state index in [0.717, 1.165) is 5.56 Å². The third kappa shape index (κ3) is 5.77. The minimum atomic E-state index is -0.263. The average molecular weight is 253 g/mol. The maximum absolute atomic E-state index is 12.7. The quantitative estimate of drug-likeness (QED) is 0.779. The number of carbonyl (C=O) groups is 1. The number of aliphatic hydroxyl groups is 1. The van der Waals surface area contributed by atoms with Crippen molar-refractivity contribution in [1.29, 1.82) is 0 Å². The Hall–Kier alpha value is -1.42. The van der Waals surface area contributed by atoms with Gasteiger partial charge in [-0.3, -0.25) is 4.79 Å². The predicted molar refractivity (Wildman–Crippen MR) is 68.6 cm³/mol. The molecular weight excluding hydrogens is 233 g/mol. The third-order valence-electron chi connectivity index (χ3n) is 2.82. The van der Waals surface area contributed by atoms with E-state index in [9.17, 15) is 9.18 Å². The van der Waals surface area contributed by atoms with Crippen LogP contribution in [0.1, 0.15) is 25.3 Å². The lowest BCUT2D eigenvalue weighted by molar-refractivity contribution is -0.121. The van der Waals surface area contributed by atoms with Gasteiger partial charge in [-0.2, -0.15) is 0 Å². The first-order valence-corrected chi connectivity index (χ1v) is 6.24. The van der Waals surface area contributed by atoms with E-state index in [1.54, 1.807) is 12.1 Å². The summed E-state index contributed by atoms with van der Waals surface area (Å²) in [4.78, 5) is 11.5. The summed E-state index contributed by atoms with van der Waals surface area (Å²) < 4.78 is 12.7. The molecule has 1 atom stereocenters. The van der Waals surface area contributed by atoms with E-state index in [0.29, 0.717) is 25.8 Å². The first-order valence-electron chi connectivity index (χ1n) is 6.24. The zero-order chi connectivity index (χ0) is 13.4. The topological polar surface area (TPSA) is 49.3 Å². The van der Waals surface area contributed by atoms with Crippen LogP contribution in [-0.4, -0.2) is 24.2 Å². The lowest BCUT2D eigenvalue weighted by Crippen LogP contribution is -2.28. The van der Waals surface area contributed by atoms with Gasteiger partial charge in [0.2, 0.25) is 5.91 Å². The standard InChI is InChI=1S/C14H20FNO2/c1-11(8-9-17)10-16-14(18)7-4-12-2-5-13(15)6-3-12/h2-3,5-6,11,17H,4,7-10H2,1H3,(H,16,18). The van der Waals surface area contributed by atoms with Gasteiger partial charge in [0.25, 0.3) is 0 Å². The average Bonchev–Trinajstić information content (AvgIpc) is 2.36. The first-order chi connectivity index (χ1) is 8.61. The van der Waals surface area contributed by atoms with Crippen LogP contribution in [0, 0.1) is 11.7 Å². The molecule has 0 aliphatic rings. The van der Waals surface area contributed by atoms with Crippen LogP contribution in [0.3, 0.4) is 0 Å². The molecule has 0 fully saturated rings. The van der Waals surface area contributed by atoms with Crippen LogP contribution in [0.25, 0.3) is 0 Å². The summed E-state index contributed by atoms with van der Waals surface area (Å²) >= 11 is 0. The Morgan fingerprint density at radius 2 is 2.06 bits per heavy atom. The molecule has 0 radical (unpaired) electrons. The molecule has 0 aromatic heterocycles. The van der Waals surface area contributed by atoms with Gasteiger partial charge in [0.05, 0.1) is 0 Å². The van der Waals surface area contributed by atoms with E-state index in [1.807, 2.05) is 6.92 Å². The summed E-state index contributed by atoms with van der Waals surface area (Å²) in [6.07, 6.45) is 1.70. The van der Waals surface area contributed by atoms with Gasteiger partial charge in [0.15, 0.2) is 0 Å². The Bertz CT molecular complexity index is 365. The van der Waals surface area contributed by atoms with E-state index >= 15 is 0 Å². The van der Waals surface area contributed by atoms with Crippen molar-refractivity contribution in [2.45, 2.75) is 26.2 Å². The largest absolute Gasteiger partial charge is 0.396 e. The molecule has 0 saturated heterocycles. The van der Waals surface area contributed by atoms with E-state index in [4.69, 9.17) is 5.11 Å². The van der Waals surface area contributed by atoms with Gasteiger partial charge in [-0.1, -0.05) is 19.1 Å². The molecule has 1 unspecified atom stereocenters. The molecule has 1 aromatic carbocycles. The normalized spacial score (nSPS) is 12.2. The maximum atomic E-state index is 12.7. The Balaban J connectivity index is 2.22. The van der Waals surface area contributed by atoms with Gasteiger partial charge in [-0.05, 0) is 36.5 Å². The highest BCUT2D eigenvalue weighted by atomic mass is 19.1. The number of carbonyl (C=O) groups excluding carboxylic acids is 1. The van der Waals surface area contributed by atoms with Crippen molar-refractivity contribution < 1.29 is 14.3 Å². The summed E-state index contributed by atoms with van der Waals surface area (Å²) in [5, 5.41) is 11.6. The second-order valence-corrected chi connectivity index (χ2v) is 4.55. The fraction of sp³-hybridized carbons (Fsp3) is 0.500. The zero-order valence-corrected chi connectivity index (χ0v) is 10.7. The van der Waals surface area contributed by atoms with Gasteiger partial charge in [0, 0.05) is 19.6 Å². The molecule has 0 aliphatic heterocycles. The molecule has 3 nitrogen and oxygen atoms in total. The first kappa shape index (κ1) is 14.6. The molecule has 1 aromatic rings. The minimum Gasteiger partial charge on any atom is -0.396 e. The number of aryl methyl sites for hydroxylation is 1. The maximum Gasteiger partial charge on any atom is 0.220 e. The van der Waals surface area contributed by atoms with Gasteiger partial charge < -0.3 is 10.4 Å². The number of hydrogen-bond acceptors (Lipinski definition) is 2. The number of amides is 1. The number of benzene rings is 1. The Labute approximate surface area is 107 Å². The summed E-state index contributed by atoms with van der Waals surface area (Å²) in [5.41, 5.74) is 0.954. The van der Waals surface area contributed by atoms with E-state index in [-0.39, 0.29) is 24.2 Å². The molecule has 18 heavy (non-hydrogen) atoms. The number of halogens is 1. The van der Waals surface area contributed by atoms with Crippen molar-refractivity contribution in [1.82, 2.24) is 5.32 Å². The van der Waals surface area contributed by atoms with Crippen molar-refractivity contribution in [2.24, 2.45) is 5.92 Å². The summed E-state index contributed by atoms with van der Waals surface area (Å²) in [7, 11) is 0. The van der Waals surface area contributed by atoms with E-state index in [1.165, 1.54) is 12.1 Å². The number of rotatable bonds is 7. The molecule has 0 aliphatic carbocycles. The molecule has 0 spiro atoms. The lowest BCUT2D eigenvalue weighted by Gasteiger charge is -2.11. The molecule has 4 heteroatoms. The Morgan fingerprint density at radius 3 is 2.67 bits per heavy atom. The SMILES string of the molecule is CC(CCO)CNC(=O)CCc1ccc(F)cc1. The van der Waals surface area contributed by atoms with Crippen molar-refractivity contribution in [3.63, 3.8) is 0 Å². The second-order valence-electron chi connectivity index (χ2n) is 4.55. The monoisotopic (exact) mass is 253 g/mol. The van der Waals surface area contributed by atoms with Crippen LogP contribution >= 0.6 is 0 Å². The van der Waals surface area contributed by atoms with Gasteiger partial charge in [0.1, 0.15) is 5.82 Å². The minimum absolute atomic E-state index is 0.0101. The molecule has 1 rings (SSSR count). The summed E-state index contributed by atoms with van der Waals surface area (Å²) in [6, 6.07) is 6.18. The highest BCUT2D eigenvalue weighted by Gasteiger charge is 2.05. The molecule has 0 bridgehead atoms. The van der Waals surface area contributed by atoms with Crippen LogP contribution in [0.4, 0.5) is 4.39 Å². The van der Waals surface area contributed by atoms with Crippen LogP contribution in [0.5, 0.6) is 0 Å². The molecular formula is C14H20FNO2. The Kier molecular flexibility index (Phi) is 6.36. The van der Waals surface area contributed by atoms with Crippen LogP contribution in [-0.2, 0) is 11.2 Å². The Morgan fingerprint density at radius 1 is 1.39 bits per heavy atom. The smallest absolute Gasteiger partial charge is 0.220 e. The molecule has 2 N–H and O–H groups in total. The fourth-order valence-electron chi connectivity index (χ4n) is 1.61. The van der Waals surface area contributed by atoms with Crippen molar-refractivity contribution in [2.75, 3.05) is 13.2 Å². The van der Waals surface area contributed by atoms with Crippen molar-refractivity contribution in [3.8, 4) is 0 Å². The van der Waals surface area contributed by atoms with Gasteiger partial charge in [-0.15, -0.1) is 0 Å².